The highest BCUT2D eigenvalue weighted by Gasteiger charge is 2.29. The molecule has 0 aliphatic carbocycles. The van der Waals surface area contributed by atoms with E-state index in [2.05, 4.69) is 0 Å². The van der Waals surface area contributed by atoms with Gasteiger partial charge in [0.25, 0.3) is 8.33 Å². The van der Waals surface area contributed by atoms with Crippen molar-refractivity contribution in [2.75, 3.05) is 0 Å². The lowest BCUT2D eigenvalue weighted by molar-refractivity contribution is 0.248. The van der Waals surface area contributed by atoms with E-state index in [-0.39, 0.29) is 0 Å². The lowest BCUT2D eigenvalue weighted by atomic mass is 13.7. The Hall–Kier alpha value is 0.630. The Bertz CT molecular complexity index is 143. The molecular formula is HF6N2P3. The van der Waals surface area contributed by atoms with E-state index >= 15 is 0 Å². The van der Waals surface area contributed by atoms with Gasteiger partial charge in [0.05, 0.1) is 0 Å². The molecule has 0 radical (unpaired) electrons. The molecule has 2 nitrogen and oxygen atoms in total. The molecule has 0 N–H and O–H groups in total. The van der Waals surface area contributed by atoms with Gasteiger partial charge in [0.2, 0.25) is 0 Å². The molecule has 0 aromatic rings. The molecule has 0 bridgehead atoms. The highest BCUT2D eigenvalue weighted by Crippen LogP contribution is 2.63. The van der Waals surface area contributed by atoms with Gasteiger partial charge in [-0.3, -0.25) is 0 Å². The van der Waals surface area contributed by atoms with Gasteiger partial charge >= 0.3 is 17.2 Å². The zero-order valence-corrected chi connectivity index (χ0v) is 7.35. The average Bonchev–Trinajstić information content (AvgIpc) is 1.84. The Kier molecular flexibility index (Phi) is 5.61. The summed E-state index contributed by atoms with van der Waals surface area (Å²) in [6.07, 6.45) is 0. The van der Waals surface area contributed by atoms with Crippen molar-refractivity contribution in [2.45, 2.75) is 0 Å². The van der Waals surface area contributed by atoms with Crippen molar-refractivity contribution in [3.8, 4) is 0 Å². The minimum atomic E-state index is -4.34. The van der Waals surface area contributed by atoms with E-state index in [0.717, 1.165) is 0 Å². The first kappa shape index (κ1) is 11.6. The molecule has 0 saturated heterocycles. The molecule has 0 aromatic heterocycles. The van der Waals surface area contributed by atoms with Gasteiger partial charge in [-0.25, -0.2) is 0 Å². The minimum absolute atomic E-state index is 1.56. The van der Waals surface area contributed by atoms with Gasteiger partial charge in [0.15, 0.2) is 0 Å². The number of halogens is 6. The molecule has 1 unspecified atom stereocenters. The van der Waals surface area contributed by atoms with Crippen LogP contribution in [-0.2, 0) is 0 Å². The van der Waals surface area contributed by atoms with E-state index in [1.807, 2.05) is 4.52 Å². The van der Waals surface area contributed by atoms with Crippen molar-refractivity contribution >= 4 is 25.6 Å². The monoisotopic (exact) mass is 236 g/mol. The van der Waals surface area contributed by atoms with Crippen LogP contribution in [0.5, 0.6) is 0 Å². The number of nitrogens with zero attached hydrogens (tertiary/aromatic N) is 2. The van der Waals surface area contributed by atoms with Gasteiger partial charge in [-0.05, 0) is 0 Å². The molecule has 0 spiro atoms. The van der Waals surface area contributed by atoms with Crippen LogP contribution in [0.25, 0.3) is 0 Å². The predicted octanol–water partition coefficient (Wildman–Crippen LogP) is 4.70. The lowest BCUT2D eigenvalue weighted by Crippen LogP contribution is -1.87. The van der Waals surface area contributed by atoms with Crippen molar-refractivity contribution in [2.24, 2.45) is 4.52 Å². The molecule has 1 atom stereocenters. The first-order chi connectivity index (χ1) is 4.95. The molecule has 11 heteroatoms. The third-order valence-electron chi connectivity index (χ3n) is 0.419. The molecule has 0 fully saturated rings. The minimum Gasteiger partial charge on any atom is -0.178 e. The zero-order chi connectivity index (χ0) is 9.02. The van der Waals surface area contributed by atoms with Crippen molar-refractivity contribution in [1.82, 2.24) is 4.66 Å². The third-order valence-corrected chi connectivity index (χ3v) is 3.05. The summed E-state index contributed by atoms with van der Waals surface area (Å²) in [7, 11) is -12.5. The van der Waals surface area contributed by atoms with Crippen LogP contribution < -0.4 is 0 Å². The molecule has 68 valence electrons. The lowest BCUT2D eigenvalue weighted by Gasteiger charge is -2.06. The second kappa shape index (κ2) is 5.31. The summed E-state index contributed by atoms with van der Waals surface area (Å²) >= 11 is 0. The molecule has 0 aliphatic rings. The largest absolute Gasteiger partial charge is 0.381 e. The molecular weight excluding hydrogens is 235 g/mol. The van der Waals surface area contributed by atoms with Crippen molar-refractivity contribution in [3.63, 3.8) is 0 Å². The Morgan fingerprint density at radius 3 is 1.91 bits per heavy atom. The van der Waals surface area contributed by atoms with E-state index in [9.17, 15) is 25.5 Å². The van der Waals surface area contributed by atoms with Crippen LogP contribution in [0.3, 0.4) is 0 Å². The van der Waals surface area contributed by atoms with Crippen molar-refractivity contribution in [1.29, 1.82) is 0 Å². The Morgan fingerprint density at radius 1 is 1.18 bits per heavy atom. The first-order valence-corrected chi connectivity index (χ1v) is 5.30. The van der Waals surface area contributed by atoms with Crippen LogP contribution in [0.1, 0.15) is 0 Å². The van der Waals surface area contributed by atoms with Crippen LogP contribution in [0.15, 0.2) is 4.52 Å². The highest BCUT2D eigenvalue weighted by molar-refractivity contribution is 7.64. The fourth-order valence-corrected chi connectivity index (χ4v) is 1.76. The van der Waals surface area contributed by atoms with Crippen LogP contribution >= 0.6 is 25.6 Å². The fourth-order valence-electron chi connectivity index (χ4n) is 0.155. The van der Waals surface area contributed by atoms with E-state index < -0.39 is 30.2 Å². The molecule has 0 aromatic carbocycles. The van der Waals surface area contributed by atoms with Crippen molar-refractivity contribution < 1.29 is 25.5 Å². The van der Waals surface area contributed by atoms with Crippen LogP contribution in [0.2, 0.25) is 0 Å². The summed E-state index contributed by atoms with van der Waals surface area (Å²) in [5.74, 6) is 0. The summed E-state index contributed by atoms with van der Waals surface area (Å²) in [4.78, 5) is 0. The van der Waals surface area contributed by atoms with Gasteiger partial charge in [-0.2, -0.15) is 25.5 Å². The van der Waals surface area contributed by atoms with Gasteiger partial charge in [-0.15, -0.1) is 4.48 Å². The van der Waals surface area contributed by atoms with E-state index in [1.165, 1.54) is 0 Å². The normalized spacial score (nSPS) is 14.6. The predicted molar refractivity (Wildman–Crippen MR) is 33.1 cm³/mol. The quantitative estimate of drug-likeness (QED) is 0.393. The average molecular weight is 236 g/mol. The number of hydrogen-bond donors (Lipinski definition) is 0. The second-order valence-electron chi connectivity index (χ2n) is 1.04. The summed E-state index contributed by atoms with van der Waals surface area (Å²) in [6.45, 7) is 0. The summed E-state index contributed by atoms with van der Waals surface area (Å²) in [5.41, 5.74) is 0. The fraction of sp³-hybridized carbons (Fsp3) is 0. The molecule has 0 amide bonds. The maximum atomic E-state index is 11.8. The molecule has 11 heavy (non-hydrogen) atoms. The number of hydrogen-bond acceptors (Lipinski definition) is 2. The summed E-state index contributed by atoms with van der Waals surface area (Å²) in [6, 6.07) is 0. The molecule has 0 saturated carbocycles. The Labute approximate surface area is 61.2 Å². The van der Waals surface area contributed by atoms with Crippen LogP contribution in [-0.4, -0.2) is 4.66 Å². The standard InChI is InChI=1S/F6HN2P3/c1-8(10(4)5)11(6)7-9(2)3/h9H. The summed E-state index contributed by atoms with van der Waals surface area (Å²) in [5, 5.41) is 0. The van der Waals surface area contributed by atoms with Gasteiger partial charge < -0.3 is 0 Å². The Morgan fingerprint density at radius 2 is 1.64 bits per heavy atom. The molecule has 0 heterocycles. The van der Waals surface area contributed by atoms with Gasteiger partial charge in [-0.1, -0.05) is 0 Å². The van der Waals surface area contributed by atoms with Crippen LogP contribution in [0, 0.1) is 0 Å². The van der Waals surface area contributed by atoms with E-state index in [4.69, 9.17) is 0 Å². The Balaban J connectivity index is 4.03. The highest BCUT2D eigenvalue weighted by atomic mass is 31.3. The second-order valence-corrected chi connectivity index (χ2v) is 4.25. The summed E-state index contributed by atoms with van der Waals surface area (Å²) < 4.78 is 68.6. The van der Waals surface area contributed by atoms with E-state index in [1.54, 1.807) is 0 Å². The maximum absolute atomic E-state index is 11.8. The molecule has 0 rings (SSSR count). The van der Waals surface area contributed by atoms with Gasteiger partial charge in [0, 0.05) is 4.66 Å². The topological polar surface area (TPSA) is 15.6 Å². The SMILES string of the molecule is FN(P(F)F)P(F)N=[PH](F)F. The van der Waals surface area contributed by atoms with Crippen LogP contribution in [0.4, 0.5) is 25.5 Å². The maximum Gasteiger partial charge on any atom is 0.381 e. The third kappa shape index (κ3) is 4.96. The molecule has 0 aliphatic heterocycles. The van der Waals surface area contributed by atoms with Gasteiger partial charge in [0.1, 0.15) is 0 Å². The zero-order valence-electron chi connectivity index (χ0n) is 4.56. The van der Waals surface area contributed by atoms with E-state index in [0.29, 0.717) is 0 Å². The first-order valence-electron chi connectivity index (χ1n) is 1.88. The smallest absolute Gasteiger partial charge is 0.178 e. The number of rotatable bonds is 3. The van der Waals surface area contributed by atoms with Crippen molar-refractivity contribution in [3.05, 3.63) is 0 Å².